The maximum absolute atomic E-state index is 5.32. The number of nitrogens with zero attached hydrogens (tertiary/aromatic N) is 2. The maximum Gasteiger partial charge on any atom is 0.0739 e. The highest BCUT2D eigenvalue weighted by atomic mass is 16.5. The highest BCUT2D eigenvalue weighted by Gasteiger charge is 2.19. The van der Waals surface area contributed by atoms with Gasteiger partial charge in [-0.25, -0.2) is 0 Å². The first-order valence-corrected chi connectivity index (χ1v) is 6.85. The molecule has 4 heteroatoms. The Kier molecular flexibility index (Phi) is 5.82. The maximum atomic E-state index is 5.32. The van der Waals surface area contributed by atoms with Crippen molar-refractivity contribution in [2.24, 2.45) is 0 Å². The summed E-state index contributed by atoms with van der Waals surface area (Å²) in [6.45, 7) is 12.5. The van der Waals surface area contributed by atoms with Crippen molar-refractivity contribution < 1.29 is 4.74 Å². The smallest absolute Gasteiger partial charge is 0.0739 e. The van der Waals surface area contributed by atoms with E-state index in [0.29, 0.717) is 6.04 Å². The Hall–Kier alpha value is -0.870. The van der Waals surface area contributed by atoms with Gasteiger partial charge in [-0.15, -0.1) is 0 Å². The second-order valence-electron chi connectivity index (χ2n) is 4.83. The highest BCUT2D eigenvalue weighted by molar-refractivity contribution is 5.28. The number of hydrogen-bond donors (Lipinski definition) is 1. The predicted molar refractivity (Wildman–Crippen MR) is 74.9 cm³/mol. The summed E-state index contributed by atoms with van der Waals surface area (Å²) in [5.41, 5.74) is 3.73. The van der Waals surface area contributed by atoms with Gasteiger partial charge in [-0.1, -0.05) is 13.8 Å². The van der Waals surface area contributed by atoms with E-state index in [1.54, 1.807) is 7.11 Å². The Balaban J connectivity index is 2.99. The van der Waals surface area contributed by atoms with Gasteiger partial charge in [-0.05, 0) is 33.7 Å². The fraction of sp³-hybridized carbons (Fsp3) is 0.786. The number of rotatable bonds is 7. The van der Waals surface area contributed by atoms with Crippen molar-refractivity contribution in [3.63, 3.8) is 0 Å². The summed E-state index contributed by atoms with van der Waals surface area (Å²) >= 11 is 0. The summed E-state index contributed by atoms with van der Waals surface area (Å²) in [5.74, 6) is 0. The van der Waals surface area contributed by atoms with Gasteiger partial charge in [-0.3, -0.25) is 4.68 Å². The van der Waals surface area contributed by atoms with Crippen LogP contribution in [0.4, 0.5) is 0 Å². The topological polar surface area (TPSA) is 39.1 Å². The Morgan fingerprint density at radius 1 is 1.33 bits per heavy atom. The molecule has 1 aromatic heterocycles. The van der Waals surface area contributed by atoms with E-state index in [0.717, 1.165) is 25.2 Å². The van der Waals surface area contributed by atoms with E-state index in [4.69, 9.17) is 4.74 Å². The molecule has 0 aliphatic rings. The van der Waals surface area contributed by atoms with Crippen LogP contribution in [0, 0.1) is 13.8 Å². The molecule has 0 spiro atoms. The quantitative estimate of drug-likeness (QED) is 0.812. The summed E-state index contributed by atoms with van der Waals surface area (Å²) in [4.78, 5) is 0. The average Bonchev–Trinajstić information content (AvgIpc) is 2.62. The van der Waals surface area contributed by atoms with Crippen LogP contribution in [0.3, 0.4) is 0 Å². The van der Waals surface area contributed by atoms with Crippen molar-refractivity contribution in [1.29, 1.82) is 0 Å². The molecule has 104 valence electrons. The van der Waals surface area contributed by atoms with E-state index in [2.05, 4.69) is 49.7 Å². The van der Waals surface area contributed by atoms with Gasteiger partial charge in [0.05, 0.1) is 18.3 Å². The van der Waals surface area contributed by atoms with Gasteiger partial charge < -0.3 is 10.1 Å². The van der Waals surface area contributed by atoms with Crippen LogP contribution in [-0.4, -0.2) is 29.5 Å². The number of ether oxygens (including phenoxy) is 1. The molecule has 0 fully saturated rings. The monoisotopic (exact) mass is 253 g/mol. The van der Waals surface area contributed by atoms with Crippen LogP contribution in [0.15, 0.2) is 0 Å². The van der Waals surface area contributed by atoms with Gasteiger partial charge in [0.2, 0.25) is 0 Å². The number of hydrogen-bond acceptors (Lipinski definition) is 3. The van der Waals surface area contributed by atoms with Gasteiger partial charge in [0.1, 0.15) is 0 Å². The third kappa shape index (κ3) is 3.33. The number of aryl methyl sites for hydroxylation is 1. The third-order valence-corrected chi connectivity index (χ3v) is 3.48. The van der Waals surface area contributed by atoms with Crippen molar-refractivity contribution in [2.75, 3.05) is 13.7 Å². The van der Waals surface area contributed by atoms with E-state index < -0.39 is 0 Å². The van der Waals surface area contributed by atoms with Gasteiger partial charge in [0.15, 0.2) is 0 Å². The van der Waals surface area contributed by atoms with Crippen LogP contribution in [-0.2, 0) is 11.3 Å². The first kappa shape index (κ1) is 15.2. The summed E-state index contributed by atoms with van der Waals surface area (Å²) in [7, 11) is 1.74. The van der Waals surface area contributed by atoms with Crippen molar-refractivity contribution in [3.8, 4) is 0 Å². The highest BCUT2D eigenvalue weighted by Crippen LogP contribution is 2.24. The molecule has 4 nitrogen and oxygen atoms in total. The lowest BCUT2D eigenvalue weighted by Gasteiger charge is -2.17. The van der Waals surface area contributed by atoms with Crippen molar-refractivity contribution in [2.45, 2.75) is 59.7 Å². The van der Waals surface area contributed by atoms with Gasteiger partial charge in [-0.2, -0.15) is 5.10 Å². The van der Waals surface area contributed by atoms with Gasteiger partial charge in [0, 0.05) is 24.4 Å². The van der Waals surface area contributed by atoms with E-state index in [1.807, 2.05) is 0 Å². The molecular formula is C14H27N3O. The molecule has 0 saturated heterocycles. The average molecular weight is 253 g/mol. The van der Waals surface area contributed by atoms with Crippen molar-refractivity contribution in [1.82, 2.24) is 15.1 Å². The van der Waals surface area contributed by atoms with E-state index in [1.165, 1.54) is 11.3 Å². The molecule has 1 aromatic rings. The molecule has 0 amide bonds. The SMILES string of the molecule is CCNC(CC)c1c(C)nn(CC(C)OC)c1C. The standard InChI is InChI=1S/C14H27N3O/c1-7-13(15-8-2)14-11(4)16-17(12(14)5)9-10(3)18-6/h10,13,15H,7-9H2,1-6H3. The minimum atomic E-state index is 0.190. The van der Waals surface area contributed by atoms with Crippen LogP contribution in [0.2, 0.25) is 0 Å². The molecule has 0 aromatic carbocycles. The Labute approximate surface area is 111 Å². The molecule has 2 atom stereocenters. The number of nitrogens with one attached hydrogen (secondary N) is 1. The van der Waals surface area contributed by atoms with Crippen LogP contribution >= 0.6 is 0 Å². The predicted octanol–water partition coefficient (Wildman–Crippen LogP) is 2.60. The zero-order chi connectivity index (χ0) is 13.7. The molecule has 0 radical (unpaired) electrons. The lowest BCUT2D eigenvalue weighted by molar-refractivity contribution is 0.0991. The normalized spacial score (nSPS) is 14.8. The second kappa shape index (κ2) is 6.90. The molecule has 0 aliphatic heterocycles. The first-order valence-electron chi connectivity index (χ1n) is 6.85. The molecule has 2 unspecified atom stereocenters. The van der Waals surface area contributed by atoms with E-state index in [9.17, 15) is 0 Å². The lowest BCUT2D eigenvalue weighted by Crippen LogP contribution is -2.22. The first-order chi connectivity index (χ1) is 8.54. The van der Waals surface area contributed by atoms with Crippen LogP contribution in [0.1, 0.15) is 50.2 Å². The Bertz CT molecular complexity index is 373. The van der Waals surface area contributed by atoms with E-state index >= 15 is 0 Å². The van der Waals surface area contributed by atoms with E-state index in [-0.39, 0.29) is 6.10 Å². The largest absolute Gasteiger partial charge is 0.380 e. The number of aromatic nitrogens is 2. The molecule has 1 heterocycles. The van der Waals surface area contributed by atoms with Crippen molar-refractivity contribution >= 4 is 0 Å². The summed E-state index contributed by atoms with van der Waals surface area (Å²) < 4.78 is 7.38. The van der Waals surface area contributed by atoms with Gasteiger partial charge in [0.25, 0.3) is 0 Å². The minimum absolute atomic E-state index is 0.190. The van der Waals surface area contributed by atoms with Gasteiger partial charge >= 0.3 is 0 Å². The second-order valence-corrected chi connectivity index (χ2v) is 4.83. The summed E-state index contributed by atoms with van der Waals surface area (Å²) in [5, 5.41) is 8.17. The van der Waals surface area contributed by atoms with Crippen LogP contribution < -0.4 is 5.32 Å². The number of methoxy groups -OCH3 is 1. The van der Waals surface area contributed by atoms with Crippen molar-refractivity contribution in [3.05, 3.63) is 17.0 Å². The fourth-order valence-corrected chi connectivity index (χ4v) is 2.41. The van der Waals surface area contributed by atoms with Crippen LogP contribution in [0.25, 0.3) is 0 Å². The fourth-order valence-electron chi connectivity index (χ4n) is 2.41. The Morgan fingerprint density at radius 2 is 2.00 bits per heavy atom. The Morgan fingerprint density at radius 3 is 2.50 bits per heavy atom. The summed E-state index contributed by atoms with van der Waals surface area (Å²) in [6, 6.07) is 0.404. The zero-order valence-electron chi connectivity index (χ0n) is 12.6. The zero-order valence-corrected chi connectivity index (χ0v) is 12.6. The third-order valence-electron chi connectivity index (χ3n) is 3.48. The minimum Gasteiger partial charge on any atom is -0.380 e. The van der Waals surface area contributed by atoms with Crippen LogP contribution in [0.5, 0.6) is 0 Å². The molecule has 0 saturated carbocycles. The molecule has 18 heavy (non-hydrogen) atoms. The molecular weight excluding hydrogens is 226 g/mol. The molecule has 0 aliphatic carbocycles. The summed E-state index contributed by atoms with van der Waals surface area (Å²) in [6.07, 6.45) is 1.27. The molecule has 1 N–H and O–H groups in total. The molecule has 0 bridgehead atoms. The molecule has 1 rings (SSSR count). The lowest BCUT2D eigenvalue weighted by atomic mass is 10.0.